The summed E-state index contributed by atoms with van der Waals surface area (Å²) in [6.45, 7) is 2.26. The number of nitrogens with zero attached hydrogens (tertiary/aromatic N) is 1. The van der Waals surface area contributed by atoms with Crippen molar-refractivity contribution in [3.63, 3.8) is 0 Å². The van der Waals surface area contributed by atoms with Gasteiger partial charge in [-0.25, -0.2) is 4.98 Å². The second-order valence-corrected chi connectivity index (χ2v) is 5.80. The number of pyridine rings is 1. The van der Waals surface area contributed by atoms with Crippen LogP contribution in [-0.4, -0.2) is 16.0 Å². The van der Waals surface area contributed by atoms with Crippen LogP contribution in [0.2, 0.25) is 0 Å². The Morgan fingerprint density at radius 2 is 2.11 bits per heavy atom. The third-order valence-electron chi connectivity index (χ3n) is 3.70. The lowest BCUT2D eigenvalue weighted by Crippen LogP contribution is -2.34. The number of nitrogens with one attached hydrogen (secondary N) is 1. The summed E-state index contributed by atoms with van der Waals surface area (Å²) in [4.78, 5) is 5.06. The number of aromatic nitrogens is 1. The van der Waals surface area contributed by atoms with Crippen molar-refractivity contribution in [1.82, 2.24) is 4.98 Å². The van der Waals surface area contributed by atoms with Crippen LogP contribution in [0, 0.1) is 5.92 Å². The van der Waals surface area contributed by atoms with Gasteiger partial charge in [0.05, 0.1) is 11.1 Å². The Morgan fingerprint density at radius 1 is 1.37 bits per heavy atom. The zero-order valence-electron chi connectivity index (χ0n) is 10.9. The van der Waals surface area contributed by atoms with E-state index in [4.69, 9.17) is 18.0 Å². The number of benzene rings is 1. The first kappa shape index (κ1) is 12.4. The molecule has 4 heteroatoms. The van der Waals surface area contributed by atoms with Gasteiger partial charge in [0.2, 0.25) is 0 Å². The zero-order chi connectivity index (χ0) is 13.4. The van der Waals surface area contributed by atoms with E-state index >= 15 is 0 Å². The van der Waals surface area contributed by atoms with E-state index in [1.54, 1.807) is 0 Å². The van der Waals surface area contributed by atoms with Crippen LogP contribution in [0.25, 0.3) is 10.9 Å². The topological polar surface area (TPSA) is 50.9 Å². The molecule has 0 bridgehead atoms. The summed E-state index contributed by atoms with van der Waals surface area (Å²) >= 11 is 5.14. The highest BCUT2D eigenvalue weighted by Crippen LogP contribution is 2.30. The molecule has 0 radical (unpaired) electrons. The second kappa shape index (κ2) is 4.78. The molecule has 0 saturated heterocycles. The van der Waals surface area contributed by atoms with Crippen molar-refractivity contribution < 1.29 is 0 Å². The number of hydrogen-bond acceptors (Lipinski definition) is 3. The number of anilines is 1. The van der Waals surface area contributed by atoms with E-state index in [2.05, 4.69) is 17.2 Å². The van der Waals surface area contributed by atoms with Crippen LogP contribution in [0.1, 0.15) is 25.3 Å². The average Bonchev–Trinajstić information content (AvgIpc) is 2.36. The van der Waals surface area contributed by atoms with Crippen LogP contribution in [0.5, 0.6) is 0 Å². The maximum absolute atomic E-state index is 5.82. The van der Waals surface area contributed by atoms with Gasteiger partial charge in [-0.1, -0.05) is 37.3 Å². The molecule has 0 atom stereocenters. The maximum atomic E-state index is 5.82. The van der Waals surface area contributed by atoms with Crippen molar-refractivity contribution in [2.45, 2.75) is 25.8 Å². The lowest BCUT2D eigenvalue weighted by Gasteiger charge is -2.34. The largest absolute Gasteiger partial charge is 0.389 e. The number of hydrogen-bond donors (Lipinski definition) is 2. The Labute approximate surface area is 118 Å². The molecule has 1 aliphatic rings. The molecule has 1 saturated carbocycles. The number of thiocarbonyl (C=S) groups is 1. The molecule has 1 aromatic carbocycles. The van der Waals surface area contributed by atoms with Gasteiger partial charge in [0.25, 0.3) is 0 Å². The minimum Gasteiger partial charge on any atom is -0.389 e. The van der Waals surface area contributed by atoms with Crippen molar-refractivity contribution >= 4 is 33.9 Å². The highest BCUT2D eigenvalue weighted by molar-refractivity contribution is 7.80. The fourth-order valence-electron chi connectivity index (χ4n) is 2.63. The lowest BCUT2D eigenvalue weighted by atomic mass is 9.82. The Bertz CT molecular complexity index is 632. The highest BCUT2D eigenvalue weighted by atomic mass is 32.1. The summed E-state index contributed by atoms with van der Waals surface area (Å²) in [5, 5.41) is 4.54. The normalized spacial score (nSPS) is 21.9. The van der Waals surface area contributed by atoms with E-state index in [0.29, 0.717) is 11.0 Å². The molecule has 3 nitrogen and oxygen atoms in total. The van der Waals surface area contributed by atoms with E-state index in [9.17, 15) is 0 Å². The monoisotopic (exact) mass is 271 g/mol. The van der Waals surface area contributed by atoms with E-state index in [1.807, 2.05) is 30.3 Å². The minimum atomic E-state index is 0.396. The van der Waals surface area contributed by atoms with Crippen LogP contribution < -0.4 is 11.1 Å². The molecular weight excluding hydrogens is 254 g/mol. The van der Waals surface area contributed by atoms with Crippen LogP contribution in [0.15, 0.2) is 30.3 Å². The molecule has 1 heterocycles. The van der Waals surface area contributed by atoms with E-state index in [-0.39, 0.29) is 0 Å². The Kier molecular flexibility index (Phi) is 3.11. The number of nitrogens with two attached hydrogens (primary N) is 1. The summed E-state index contributed by atoms with van der Waals surface area (Å²) in [6, 6.07) is 10.5. The molecule has 1 aliphatic carbocycles. The smallest absolute Gasteiger partial charge is 0.137 e. The van der Waals surface area contributed by atoms with E-state index < -0.39 is 0 Å². The van der Waals surface area contributed by atoms with Gasteiger partial charge in [-0.2, -0.15) is 0 Å². The third-order valence-corrected chi connectivity index (χ3v) is 3.92. The number of fused-ring (bicyclic) bond motifs is 1. The second-order valence-electron chi connectivity index (χ2n) is 5.36. The van der Waals surface area contributed by atoms with Crippen LogP contribution >= 0.6 is 12.2 Å². The molecule has 98 valence electrons. The van der Waals surface area contributed by atoms with Gasteiger partial charge in [0.1, 0.15) is 10.8 Å². The number of para-hydroxylation sites is 1. The van der Waals surface area contributed by atoms with Crippen molar-refractivity contribution in [3.8, 4) is 0 Å². The molecule has 0 aliphatic heterocycles. The summed E-state index contributed by atoms with van der Waals surface area (Å²) in [5.74, 6) is 1.62. The molecule has 3 rings (SSSR count). The molecule has 3 N–H and O–H groups in total. The Hall–Kier alpha value is -1.68. The fraction of sp³-hybridized carbons (Fsp3) is 0.333. The number of rotatable bonds is 3. The third kappa shape index (κ3) is 2.40. The molecule has 0 spiro atoms. The standard InChI is InChI=1S/C15H17N3S/c1-9-6-11(7-9)17-15-12(14(16)19)8-10-4-2-3-5-13(10)18-15/h2-5,8-9,11H,6-7H2,1H3,(H2,16,19)(H,17,18). The predicted octanol–water partition coefficient (Wildman–Crippen LogP) is 3.08. The van der Waals surface area contributed by atoms with Crippen LogP contribution in [-0.2, 0) is 0 Å². The van der Waals surface area contributed by atoms with Crippen molar-refractivity contribution in [1.29, 1.82) is 0 Å². The van der Waals surface area contributed by atoms with Gasteiger partial charge < -0.3 is 11.1 Å². The van der Waals surface area contributed by atoms with E-state index in [1.165, 1.54) is 12.8 Å². The average molecular weight is 271 g/mol. The summed E-state index contributed by atoms with van der Waals surface area (Å²) < 4.78 is 0. The van der Waals surface area contributed by atoms with Crippen LogP contribution in [0.3, 0.4) is 0 Å². The van der Waals surface area contributed by atoms with Crippen LogP contribution in [0.4, 0.5) is 5.82 Å². The summed E-state index contributed by atoms with van der Waals surface area (Å²) in [6.07, 6.45) is 2.37. The molecule has 2 aromatic rings. The first-order valence-corrected chi connectivity index (χ1v) is 7.00. The van der Waals surface area contributed by atoms with Gasteiger partial charge in [-0.15, -0.1) is 0 Å². The lowest BCUT2D eigenvalue weighted by molar-refractivity contribution is 0.308. The van der Waals surface area contributed by atoms with Gasteiger partial charge in [0.15, 0.2) is 0 Å². The predicted molar refractivity (Wildman–Crippen MR) is 83.4 cm³/mol. The Morgan fingerprint density at radius 3 is 2.79 bits per heavy atom. The molecule has 19 heavy (non-hydrogen) atoms. The molecule has 0 amide bonds. The van der Waals surface area contributed by atoms with Gasteiger partial charge >= 0.3 is 0 Å². The molecular formula is C15H17N3S. The first-order chi connectivity index (χ1) is 9.13. The minimum absolute atomic E-state index is 0.396. The zero-order valence-corrected chi connectivity index (χ0v) is 11.7. The molecule has 1 fully saturated rings. The fourth-order valence-corrected chi connectivity index (χ4v) is 2.78. The van der Waals surface area contributed by atoms with Gasteiger partial charge in [-0.05, 0) is 30.9 Å². The van der Waals surface area contributed by atoms with Gasteiger partial charge in [-0.3, -0.25) is 0 Å². The van der Waals surface area contributed by atoms with Crippen molar-refractivity contribution in [3.05, 3.63) is 35.9 Å². The summed E-state index contributed by atoms with van der Waals surface area (Å²) in [7, 11) is 0. The first-order valence-electron chi connectivity index (χ1n) is 6.59. The molecule has 1 aromatic heterocycles. The van der Waals surface area contributed by atoms with E-state index in [0.717, 1.165) is 28.2 Å². The highest BCUT2D eigenvalue weighted by Gasteiger charge is 2.26. The Balaban J connectivity index is 2.00. The molecule has 0 unspecified atom stereocenters. The van der Waals surface area contributed by atoms with Gasteiger partial charge in [0, 0.05) is 11.4 Å². The maximum Gasteiger partial charge on any atom is 0.137 e. The quantitative estimate of drug-likeness (QED) is 0.842. The van der Waals surface area contributed by atoms with Crippen molar-refractivity contribution in [2.24, 2.45) is 11.7 Å². The van der Waals surface area contributed by atoms with Crippen molar-refractivity contribution in [2.75, 3.05) is 5.32 Å². The SMILES string of the molecule is CC1CC(Nc2nc3ccccc3cc2C(N)=S)C1. The summed E-state index contributed by atoms with van der Waals surface area (Å²) in [5.41, 5.74) is 7.63.